The van der Waals surface area contributed by atoms with Gasteiger partial charge in [0.1, 0.15) is 5.54 Å². The molecule has 1 aromatic heterocycles. The van der Waals surface area contributed by atoms with E-state index in [1.165, 1.54) is 0 Å². The van der Waals surface area contributed by atoms with E-state index >= 15 is 0 Å². The van der Waals surface area contributed by atoms with Crippen LogP contribution >= 0.6 is 0 Å². The Bertz CT molecular complexity index is 352. The highest BCUT2D eigenvalue weighted by atomic mass is 16.4. The van der Waals surface area contributed by atoms with Gasteiger partial charge in [-0.25, -0.2) is 0 Å². The minimum absolute atomic E-state index is 0.00574. The zero-order chi connectivity index (χ0) is 10.2. The summed E-state index contributed by atoms with van der Waals surface area (Å²) in [6, 6.07) is 5.57. The van der Waals surface area contributed by atoms with Gasteiger partial charge in [0.2, 0.25) is 0 Å². The number of nitrogens with zero attached hydrogens (tertiary/aromatic N) is 1. The average Bonchev–Trinajstić information content (AvgIpc) is 2.95. The van der Waals surface area contributed by atoms with Crippen LogP contribution in [0, 0.1) is 0 Å². The number of nitrogens with one attached hydrogen (secondary N) is 1. The molecule has 2 N–H and O–H groups in total. The molecule has 2 rings (SSSR count). The lowest BCUT2D eigenvalue weighted by Crippen LogP contribution is -2.38. The summed E-state index contributed by atoms with van der Waals surface area (Å²) in [6.45, 7) is 0. The van der Waals surface area contributed by atoms with E-state index in [0.29, 0.717) is 6.42 Å². The maximum absolute atomic E-state index is 11.0. The third-order valence-electron chi connectivity index (χ3n) is 2.83. The van der Waals surface area contributed by atoms with Crippen LogP contribution in [0.2, 0.25) is 0 Å². The first kappa shape index (κ1) is 9.15. The number of carboxylic acids is 1. The van der Waals surface area contributed by atoms with Gasteiger partial charge in [-0.1, -0.05) is 6.07 Å². The van der Waals surface area contributed by atoms with Gasteiger partial charge in [-0.2, -0.15) is 0 Å². The molecule has 0 saturated heterocycles. The second-order valence-electron chi connectivity index (χ2n) is 3.54. The van der Waals surface area contributed by atoms with Crippen LogP contribution in [0.5, 0.6) is 0 Å². The molecular weight excluding hydrogens is 180 g/mol. The number of aromatic nitrogens is 1. The van der Waals surface area contributed by atoms with Crippen LogP contribution in [0.3, 0.4) is 0 Å². The van der Waals surface area contributed by atoms with Crippen molar-refractivity contribution in [1.82, 2.24) is 10.3 Å². The van der Waals surface area contributed by atoms with Crippen molar-refractivity contribution in [2.24, 2.45) is 0 Å². The van der Waals surface area contributed by atoms with E-state index in [0.717, 1.165) is 5.69 Å². The van der Waals surface area contributed by atoms with Crippen molar-refractivity contribution in [2.75, 3.05) is 7.05 Å². The Hall–Kier alpha value is -1.42. The monoisotopic (exact) mass is 192 g/mol. The summed E-state index contributed by atoms with van der Waals surface area (Å²) in [5, 5.41) is 11.9. The molecule has 4 heteroatoms. The van der Waals surface area contributed by atoms with Gasteiger partial charge in [0.25, 0.3) is 0 Å². The van der Waals surface area contributed by atoms with Gasteiger partial charge in [-0.15, -0.1) is 0 Å². The molecule has 2 unspecified atom stereocenters. The van der Waals surface area contributed by atoms with Gasteiger partial charge in [0.15, 0.2) is 0 Å². The van der Waals surface area contributed by atoms with Crippen molar-refractivity contribution in [2.45, 2.75) is 17.9 Å². The molecule has 14 heavy (non-hydrogen) atoms. The van der Waals surface area contributed by atoms with Crippen LogP contribution in [0.15, 0.2) is 24.4 Å². The molecule has 0 amide bonds. The summed E-state index contributed by atoms with van der Waals surface area (Å²) in [6.07, 6.45) is 2.31. The average molecular weight is 192 g/mol. The van der Waals surface area contributed by atoms with E-state index in [-0.39, 0.29) is 5.92 Å². The van der Waals surface area contributed by atoms with Crippen molar-refractivity contribution < 1.29 is 9.90 Å². The van der Waals surface area contributed by atoms with Crippen LogP contribution in [-0.2, 0) is 4.79 Å². The van der Waals surface area contributed by atoms with Crippen LogP contribution in [0.4, 0.5) is 0 Å². The highest BCUT2D eigenvalue weighted by Gasteiger charge is 2.61. The molecule has 0 aliphatic heterocycles. The number of carboxylic acid groups (broad SMARTS) is 1. The Morgan fingerprint density at radius 1 is 1.71 bits per heavy atom. The van der Waals surface area contributed by atoms with E-state index in [1.807, 2.05) is 18.2 Å². The van der Waals surface area contributed by atoms with Gasteiger partial charge in [0, 0.05) is 17.8 Å². The molecule has 1 saturated carbocycles. The molecule has 74 valence electrons. The molecule has 1 fully saturated rings. The molecular formula is C10H12N2O2. The number of carbonyl (C=O) groups is 1. The summed E-state index contributed by atoms with van der Waals surface area (Å²) >= 11 is 0. The van der Waals surface area contributed by atoms with Crippen molar-refractivity contribution >= 4 is 5.97 Å². The Labute approximate surface area is 82.0 Å². The lowest BCUT2D eigenvalue weighted by molar-refractivity contribution is -0.140. The van der Waals surface area contributed by atoms with Crippen LogP contribution in [0.25, 0.3) is 0 Å². The highest BCUT2D eigenvalue weighted by molar-refractivity contribution is 5.85. The molecule has 2 atom stereocenters. The number of rotatable bonds is 3. The first-order valence-electron chi connectivity index (χ1n) is 4.54. The standard InChI is InChI=1S/C10H12N2O2/c1-11-10(9(13)14)6-7(10)8-4-2-3-5-12-8/h2-5,7,11H,6H2,1H3,(H,13,14). The Morgan fingerprint density at radius 2 is 2.50 bits per heavy atom. The summed E-state index contributed by atoms with van der Waals surface area (Å²) in [4.78, 5) is 15.2. The largest absolute Gasteiger partial charge is 0.480 e. The molecule has 0 bridgehead atoms. The van der Waals surface area contributed by atoms with Crippen molar-refractivity contribution in [3.63, 3.8) is 0 Å². The Balaban J connectivity index is 2.22. The fourth-order valence-corrected chi connectivity index (χ4v) is 1.82. The number of aliphatic carboxylic acids is 1. The summed E-state index contributed by atoms with van der Waals surface area (Å²) in [7, 11) is 1.68. The predicted octanol–water partition coefficient (Wildman–Crippen LogP) is 0.612. The maximum atomic E-state index is 11.0. The number of hydrogen-bond donors (Lipinski definition) is 2. The van der Waals surface area contributed by atoms with Gasteiger partial charge in [0.05, 0.1) is 0 Å². The lowest BCUT2D eigenvalue weighted by Gasteiger charge is -2.09. The van der Waals surface area contributed by atoms with Crippen LogP contribution in [0.1, 0.15) is 18.0 Å². The first-order valence-corrected chi connectivity index (χ1v) is 4.54. The quantitative estimate of drug-likeness (QED) is 0.736. The minimum atomic E-state index is -0.796. The molecule has 1 heterocycles. The third kappa shape index (κ3) is 1.19. The van der Waals surface area contributed by atoms with E-state index in [9.17, 15) is 4.79 Å². The van der Waals surface area contributed by atoms with E-state index in [1.54, 1.807) is 13.2 Å². The second-order valence-corrected chi connectivity index (χ2v) is 3.54. The molecule has 0 aromatic carbocycles. The molecule has 1 aliphatic carbocycles. The van der Waals surface area contributed by atoms with E-state index in [4.69, 9.17) is 5.11 Å². The number of likely N-dealkylation sites (N-methyl/N-ethyl adjacent to an activating group) is 1. The third-order valence-corrected chi connectivity index (χ3v) is 2.83. The fraction of sp³-hybridized carbons (Fsp3) is 0.400. The maximum Gasteiger partial charge on any atom is 0.324 e. The normalized spacial score (nSPS) is 29.9. The zero-order valence-corrected chi connectivity index (χ0v) is 7.90. The number of pyridine rings is 1. The summed E-state index contributed by atoms with van der Waals surface area (Å²) < 4.78 is 0. The van der Waals surface area contributed by atoms with Crippen molar-refractivity contribution in [3.8, 4) is 0 Å². The Kier molecular flexibility index (Phi) is 2.00. The van der Waals surface area contributed by atoms with E-state index in [2.05, 4.69) is 10.3 Å². The molecule has 0 spiro atoms. The van der Waals surface area contributed by atoms with Gasteiger partial charge in [-0.3, -0.25) is 9.78 Å². The topological polar surface area (TPSA) is 62.2 Å². The van der Waals surface area contributed by atoms with Gasteiger partial charge >= 0.3 is 5.97 Å². The van der Waals surface area contributed by atoms with Crippen LogP contribution < -0.4 is 5.32 Å². The molecule has 4 nitrogen and oxygen atoms in total. The lowest BCUT2D eigenvalue weighted by atomic mass is 10.1. The first-order chi connectivity index (χ1) is 6.70. The van der Waals surface area contributed by atoms with Crippen LogP contribution in [-0.4, -0.2) is 28.6 Å². The smallest absolute Gasteiger partial charge is 0.324 e. The minimum Gasteiger partial charge on any atom is -0.480 e. The highest BCUT2D eigenvalue weighted by Crippen LogP contribution is 2.50. The molecule has 1 aliphatic rings. The SMILES string of the molecule is CNC1(C(=O)O)CC1c1ccccn1. The predicted molar refractivity (Wildman–Crippen MR) is 51.0 cm³/mol. The van der Waals surface area contributed by atoms with E-state index < -0.39 is 11.5 Å². The zero-order valence-electron chi connectivity index (χ0n) is 7.90. The van der Waals surface area contributed by atoms with Gasteiger partial charge in [-0.05, 0) is 25.6 Å². The second kappa shape index (κ2) is 3.06. The van der Waals surface area contributed by atoms with Crippen molar-refractivity contribution in [1.29, 1.82) is 0 Å². The molecule has 1 aromatic rings. The molecule has 0 radical (unpaired) electrons. The summed E-state index contributed by atoms with van der Waals surface area (Å²) in [5.41, 5.74) is 0.0678. The van der Waals surface area contributed by atoms with Gasteiger partial charge < -0.3 is 10.4 Å². The fourth-order valence-electron chi connectivity index (χ4n) is 1.82. The Morgan fingerprint density at radius 3 is 2.93 bits per heavy atom. The summed E-state index contributed by atoms with van der Waals surface area (Å²) in [5.74, 6) is -0.790. The number of hydrogen-bond acceptors (Lipinski definition) is 3. The van der Waals surface area contributed by atoms with Crippen molar-refractivity contribution in [3.05, 3.63) is 30.1 Å².